The minimum atomic E-state index is 0.432. The van der Waals surface area contributed by atoms with Crippen molar-refractivity contribution in [2.24, 2.45) is 17.3 Å². The van der Waals surface area contributed by atoms with Crippen molar-refractivity contribution in [1.82, 2.24) is 5.32 Å². The highest BCUT2D eigenvalue weighted by molar-refractivity contribution is 7.10. The van der Waals surface area contributed by atoms with Gasteiger partial charge in [-0.1, -0.05) is 39.7 Å². The second kappa shape index (κ2) is 5.81. The second-order valence-electron chi connectivity index (χ2n) is 7.86. The third-order valence-electron chi connectivity index (χ3n) is 5.22. The standard InChI is InChI=1S/C18H29NS/c1-18(2,3)14-7-4-5-8-15(14)19-17(13-10-11-13)16-9-6-12-20-16/h6,9,12-15,17,19H,4-5,7-8,10-11H2,1-3H3. The first-order chi connectivity index (χ1) is 9.55. The van der Waals surface area contributed by atoms with Crippen LogP contribution in [0.4, 0.5) is 0 Å². The topological polar surface area (TPSA) is 12.0 Å². The number of thiophene rings is 1. The van der Waals surface area contributed by atoms with E-state index in [1.165, 1.54) is 38.5 Å². The first kappa shape index (κ1) is 14.6. The van der Waals surface area contributed by atoms with Gasteiger partial charge in [0.25, 0.3) is 0 Å². The second-order valence-corrected chi connectivity index (χ2v) is 8.84. The van der Waals surface area contributed by atoms with Crippen molar-refractivity contribution in [3.63, 3.8) is 0 Å². The highest BCUT2D eigenvalue weighted by Crippen LogP contribution is 2.45. The van der Waals surface area contributed by atoms with E-state index in [-0.39, 0.29) is 0 Å². The molecule has 2 aliphatic rings. The zero-order valence-electron chi connectivity index (χ0n) is 13.2. The van der Waals surface area contributed by atoms with Gasteiger partial charge in [-0.3, -0.25) is 0 Å². The Morgan fingerprint density at radius 3 is 2.50 bits per heavy atom. The van der Waals surface area contributed by atoms with Gasteiger partial charge >= 0.3 is 0 Å². The Labute approximate surface area is 128 Å². The molecule has 2 heteroatoms. The van der Waals surface area contributed by atoms with Crippen LogP contribution in [0.1, 0.15) is 70.2 Å². The van der Waals surface area contributed by atoms with Crippen LogP contribution in [0.2, 0.25) is 0 Å². The van der Waals surface area contributed by atoms with Crippen molar-refractivity contribution in [3.05, 3.63) is 22.4 Å². The van der Waals surface area contributed by atoms with Crippen LogP contribution in [0.15, 0.2) is 17.5 Å². The summed E-state index contributed by atoms with van der Waals surface area (Å²) >= 11 is 1.93. The van der Waals surface area contributed by atoms with Crippen molar-refractivity contribution in [2.75, 3.05) is 0 Å². The van der Waals surface area contributed by atoms with Gasteiger partial charge in [0.15, 0.2) is 0 Å². The van der Waals surface area contributed by atoms with Gasteiger partial charge in [0.1, 0.15) is 0 Å². The lowest BCUT2D eigenvalue weighted by Crippen LogP contribution is -2.46. The molecule has 3 unspecified atom stereocenters. The molecule has 3 atom stereocenters. The van der Waals surface area contributed by atoms with E-state index in [1.54, 1.807) is 4.88 Å². The van der Waals surface area contributed by atoms with Gasteiger partial charge in [0, 0.05) is 17.0 Å². The summed E-state index contributed by atoms with van der Waals surface area (Å²) in [6, 6.07) is 5.88. The minimum absolute atomic E-state index is 0.432. The van der Waals surface area contributed by atoms with Crippen LogP contribution in [0.5, 0.6) is 0 Å². The molecule has 0 spiro atoms. The Morgan fingerprint density at radius 2 is 1.90 bits per heavy atom. The average molecular weight is 292 g/mol. The van der Waals surface area contributed by atoms with Crippen LogP contribution >= 0.6 is 11.3 Å². The van der Waals surface area contributed by atoms with Crippen LogP contribution < -0.4 is 5.32 Å². The van der Waals surface area contributed by atoms with Gasteiger partial charge in [0.05, 0.1) is 0 Å². The first-order valence-electron chi connectivity index (χ1n) is 8.35. The van der Waals surface area contributed by atoms with E-state index >= 15 is 0 Å². The smallest absolute Gasteiger partial charge is 0.0445 e. The monoisotopic (exact) mass is 291 g/mol. The zero-order valence-corrected chi connectivity index (χ0v) is 14.0. The largest absolute Gasteiger partial charge is 0.306 e. The van der Waals surface area contributed by atoms with E-state index in [2.05, 4.69) is 43.6 Å². The Hall–Kier alpha value is -0.340. The molecular weight excluding hydrogens is 262 g/mol. The molecule has 0 aliphatic heterocycles. The Balaban J connectivity index is 1.73. The normalized spacial score (nSPS) is 29.4. The van der Waals surface area contributed by atoms with Crippen molar-refractivity contribution in [2.45, 2.75) is 71.4 Å². The number of hydrogen-bond acceptors (Lipinski definition) is 2. The summed E-state index contributed by atoms with van der Waals surface area (Å²) in [5.41, 5.74) is 0.432. The molecule has 1 aromatic heterocycles. The van der Waals surface area contributed by atoms with Crippen LogP contribution in [0.25, 0.3) is 0 Å². The molecule has 2 fully saturated rings. The molecular formula is C18H29NS. The molecule has 0 aromatic carbocycles. The van der Waals surface area contributed by atoms with Crippen LogP contribution in [0, 0.1) is 17.3 Å². The summed E-state index contributed by atoms with van der Waals surface area (Å²) in [5.74, 6) is 1.73. The quantitative estimate of drug-likeness (QED) is 0.784. The lowest BCUT2D eigenvalue weighted by Gasteiger charge is -2.42. The molecule has 1 N–H and O–H groups in total. The van der Waals surface area contributed by atoms with Crippen molar-refractivity contribution < 1.29 is 0 Å². The Morgan fingerprint density at radius 1 is 1.15 bits per heavy atom. The predicted octanol–water partition coefficient (Wildman–Crippen LogP) is 5.39. The summed E-state index contributed by atoms with van der Waals surface area (Å²) in [5, 5.41) is 6.32. The summed E-state index contributed by atoms with van der Waals surface area (Å²) in [6.45, 7) is 7.28. The molecule has 0 bridgehead atoms. The van der Waals surface area contributed by atoms with E-state index in [0.29, 0.717) is 11.5 Å². The molecule has 1 nitrogen and oxygen atoms in total. The molecule has 1 aromatic rings. The van der Waals surface area contributed by atoms with E-state index < -0.39 is 0 Å². The number of hydrogen-bond donors (Lipinski definition) is 1. The first-order valence-corrected chi connectivity index (χ1v) is 9.23. The third-order valence-corrected chi connectivity index (χ3v) is 6.17. The van der Waals surface area contributed by atoms with Gasteiger partial charge < -0.3 is 5.32 Å². The van der Waals surface area contributed by atoms with Gasteiger partial charge in [-0.2, -0.15) is 0 Å². The molecule has 112 valence electrons. The Bertz CT molecular complexity index is 413. The van der Waals surface area contributed by atoms with E-state index in [0.717, 1.165) is 17.9 Å². The van der Waals surface area contributed by atoms with Crippen molar-refractivity contribution in [1.29, 1.82) is 0 Å². The molecule has 20 heavy (non-hydrogen) atoms. The highest BCUT2D eigenvalue weighted by Gasteiger charge is 2.39. The fourth-order valence-electron chi connectivity index (χ4n) is 3.95. The molecule has 0 amide bonds. The van der Waals surface area contributed by atoms with Crippen molar-refractivity contribution >= 4 is 11.3 Å². The minimum Gasteiger partial charge on any atom is -0.306 e. The van der Waals surface area contributed by atoms with Crippen molar-refractivity contribution in [3.8, 4) is 0 Å². The van der Waals surface area contributed by atoms with Gasteiger partial charge in [-0.15, -0.1) is 11.3 Å². The molecule has 2 saturated carbocycles. The fourth-order valence-corrected chi connectivity index (χ4v) is 4.82. The van der Waals surface area contributed by atoms with Gasteiger partial charge in [0.2, 0.25) is 0 Å². The summed E-state index contributed by atoms with van der Waals surface area (Å²) in [4.78, 5) is 1.56. The molecule has 0 radical (unpaired) electrons. The van der Waals surface area contributed by atoms with E-state index in [9.17, 15) is 0 Å². The maximum Gasteiger partial charge on any atom is 0.0445 e. The molecule has 2 aliphatic carbocycles. The molecule has 3 rings (SSSR count). The lowest BCUT2D eigenvalue weighted by atomic mass is 9.69. The zero-order chi connectivity index (χ0) is 14.2. The number of rotatable bonds is 4. The summed E-state index contributed by atoms with van der Waals surface area (Å²) in [7, 11) is 0. The SMILES string of the molecule is CC(C)(C)C1CCCCC1NC(c1cccs1)C1CC1. The highest BCUT2D eigenvalue weighted by atomic mass is 32.1. The van der Waals surface area contributed by atoms with Crippen LogP contribution in [-0.2, 0) is 0 Å². The Kier molecular flexibility index (Phi) is 4.24. The summed E-state index contributed by atoms with van der Waals surface area (Å²) in [6.07, 6.45) is 8.45. The van der Waals surface area contributed by atoms with Crippen LogP contribution in [0.3, 0.4) is 0 Å². The summed E-state index contributed by atoms with van der Waals surface area (Å²) < 4.78 is 0. The van der Waals surface area contributed by atoms with Crippen LogP contribution in [-0.4, -0.2) is 6.04 Å². The maximum atomic E-state index is 4.09. The number of nitrogens with one attached hydrogen (secondary N) is 1. The fraction of sp³-hybridized carbons (Fsp3) is 0.778. The average Bonchev–Trinajstić information content (AvgIpc) is 3.10. The lowest BCUT2D eigenvalue weighted by molar-refractivity contribution is 0.120. The van der Waals surface area contributed by atoms with E-state index in [1.807, 2.05) is 11.3 Å². The van der Waals surface area contributed by atoms with Gasteiger partial charge in [-0.25, -0.2) is 0 Å². The molecule has 0 saturated heterocycles. The van der Waals surface area contributed by atoms with E-state index in [4.69, 9.17) is 0 Å². The predicted molar refractivity (Wildman–Crippen MR) is 88.1 cm³/mol. The van der Waals surface area contributed by atoms with Gasteiger partial charge in [-0.05, 0) is 54.4 Å². The maximum absolute atomic E-state index is 4.09. The third kappa shape index (κ3) is 3.28. The molecule has 1 heterocycles.